The first kappa shape index (κ1) is 25.9. The summed E-state index contributed by atoms with van der Waals surface area (Å²) in [6.07, 6.45) is 5.14. The van der Waals surface area contributed by atoms with Crippen LogP contribution in [0.3, 0.4) is 0 Å². The Morgan fingerprint density at radius 2 is 1.50 bits per heavy atom. The first-order valence-corrected chi connectivity index (χ1v) is 14.9. The van der Waals surface area contributed by atoms with E-state index in [0.29, 0.717) is 13.2 Å². The number of rotatable bonds is 14. The molecule has 0 spiro atoms. The molecule has 0 saturated carbocycles. The van der Waals surface area contributed by atoms with Gasteiger partial charge in [-0.2, -0.15) is 0 Å². The molecule has 0 aliphatic rings. The summed E-state index contributed by atoms with van der Waals surface area (Å²) in [6.45, 7) is 11.2. The van der Waals surface area contributed by atoms with Crippen LogP contribution in [0.15, 0.2) is 60.7 Å². The molecule has 2 aromatic rings. The summed E-state index contributed by atoms with van der Waals surface area (Å²) in [5.74, 6) is 0.338. The third-order valence-electron chi connectivity index (χ3n) is 5.78. The van der Waals surface area contributed by atoms with Crippen molar-refractivity contribution in [1.29, 1.82) is 0 Å². The molecular weight excluding hydrogens is 416 g/mol. The molecule has 5 heteroatoms. The van der Waals surface area contributed by atoms with Crippen LogP contribution in [0.5, 0.6) is 5.75 Å². The number of aliphatic hydroxyl groups excluding tert-OH is 1. The lowest BCUT2D eigenvalue weighted by Gasteiger charge is -2.23. The topological polar surface area (TPSA) is 55.8 Å². The molecule has 0 heterocycles. The minimum absolute atomic E-state index is 0.0883. The van der Waals surface area contributed by atoms with E-state index >= 15 is 0 Å². The van der Waals surface area contributed by atoms with E-state index in [9.17, 15) is 4.79 Å². The summed E-state index contributed by atoms with van der Waals surface area (Å²) in [4.78, 5) is 11.4. The number of aliphatic hydroxyl groups is 1. The molecule has 0 radical (unpaired) electrons. The fraction of sp³-hybridized carbons (Fsp3) is 0.444. The molecule has 4 nitrogen and oxygen atoms in total. The lowest BCUT2D eigenvalue weighted by atomic mass is 10.1. The molecule has 0 aromatic heterocycles. The van der Waals surface area contributed by atoms with E-state index in [1.165, 1.54) is 35.2 Å². The number of hydrogen-bond donors (Lipinski definition) is 1. The van der Waals surface area contributed by atoms with Gasteiger partial charge in [0.15, 0.2) is 0 Å². The highest BCUT2D eigenvalue weighted by molar-refractivity contribution is 6.89. The lowest BCUT2D eigenvalue weighted by Crippen LogP contribution is -2.40. The Morgan fingerprint density at radius 3 is 2.09 bits per heavy atom. The highest BCUT2D eigenvalue weighted by atomic mass is 28.3. The van der Waals surface area contributed by atoms with E-state index in [4.69, 9.17) is 14.6 Å². The van der Waals surface area contributed by atoms with Crippen molar-refractivity contribution in [2.75, 3.05) is 19.8 Å². The standard InChI is InChI=1S/C27H38O4Si/c1-5-6-20-32(3,4)26-16-12-24(13-17-26)23-10-14-25(15-11-23)30-18-8-7-9-19-31-27(29)22(2)21-28/h10-17,28H,2,5-9,18-21H2,1,3-4H3. The van der Waals surface area contributed by atoms with Gasteiger partial charge in [-0.1, -0.05) is 87.1 Å². The molecule has 0 saturated heterocycles. The second kappa shape index (κ2) is 13.2. The number of ether oxygens (including phenoxy) is 2. The van der Waals surface area contributed by atoms with E-state index in [1.54, 1.807) is 0 Å². The van der Waals surface area contributed by atoms with Crippen molar-refractivity contribution in [2.45, 2.75) is 58.2 Å². The number of hydrogen-bond acceptors (Lipinski definition) is 4. The van der Waals surface area contributed by atoms with Crippen molar-refractivity contribution in [2.24, 2.45) is 0 Å². The summed E-state index contributed by atoms with van der Waals surface area (Å²) in [6, 6.07) is 18.7. The van der Waals surface area contributed by atoms with E-state index in [2.05, 4.69) is 63.0 Å². The van der Waals surface area contributed by atoms with Gasteiger partial charge in [0.2, 0.25) is 0 Å². The van der Waals surface area contributed by atoms with Gasteiger partial charge in [0.1, 0.15) is 5.75 Å². The van der Waals surface area contributed by atoms with Crippen LogP contribution in [-0.2, 0) is 9.53 Å². The highest BCUT2D eigenvalue weighted by Crippen LogP contribution is 2.23. The van der Waals surface area contributed by atoms with Crippen LogP contribution >= 0.6 is 0 Å². The summed E-state index contributed by atoms with van der Waals surface area (Å²) in [5, 5.41) is 10.3. The third kappa shape index (κ3) is 8.28. The lowest BCUT2D eigenvalue weighted by molar-refractivity contribution is -0.139. The van der Waals surface area contributed by atoms with E-state index in [0.717, 1.165) is 25.0 Å². The smallest absolute Gasteiger partial charge is 0.335 e. The maximum absolute atomic E-state index is 11.4. The van der Waals surface area contributed by atoms with Crippen LogP contribution in [0.1, 0.15) is 39.0 Å². The molecule has 0 aliphatic carbocycles. The predicted octanol–water partition coefficient (Wildman–Crippen LogP) is 5.71. The van der Waals surface area contributed by atoms with Gasteiger partial charge >= 0.3 is 5.97 Å². The third-order valence-corrected chi connectivity index (χ3v) is 9.28. The first-order valence-electron chi connectivity index (χ1n) is 11.7. The monoisotopic (exact) mass is 454 g/mol. The Bertz CT molecular complexity index is 841. The summed E-state index contributed by atoms with van der Waals surface area (Å²) in [7, 11) is -1.33. The van der Waals surface area contributed by atoms with Gasteiger partial charge in [-0.3, -0.25) is 0 Å². The number of unbranched alkanes of at least 4 members (excludes halogenated alkanes) is 3. The highest BCUT2D eigenvalue weighted by Gasteiger charge is 2.22. The largest absolute Gasteiger partial charge is 0.494 e. The van der Waals surface area contributed by atoms with Gasteiger partial charge in [-0.05, 0) is 42.5 Å². The van der Waals surface area contributed by atoms with Gasteiger partial charge < -0.3 is 14.6 Å². The fourth-order valence-electron chi connectivity index (χ4n) is 3.52. The van der Waals surface area contributed by atoms with Crippen LogP contribution in [0.2, 0.25) is 19.1 Å². The normalized spacial score (nSPS) is 11.2. The number of benzene rings is 2. The van der Waals surface area contributed by atoms with Gasteiger partial charge in [0, 0.05) is 0 Å². The zero-order valence-electron chi connectivity index (χ0n) is 19.9. The summed E-state index contributed by atoms with van der Waals surface area (Å²) >= 11 is 0. The molecule has 0 amide bonds. The van der Waals surface area contributed by atoms with Gasteiger partial charge in [-0.25, -0.2) is 4.79 Å². The zero-order chi connectivity index (χ0) is 23.4. The first-order chi connectivity index (χ1) is 15.4. The van der Waals surface area contributed by atoms with Crippen molar-refractivity contribution in [3.63, 3.8) is 0 Å². The molecule has 32 heavy (non-hydrogen) atoms. The van der Waals surface area contributed by atoms with Crippen LogP contribution in [0.4, 0.5) is 0 Å². The maximum atomic E-state index is 11.4. The second-order valence-corrected chi connectivity index (χ2v) is 13.7. The Hall–Kier alpha value is -2.37. The molecule has 0 unspecified atom stereocenters. The molecule has 1 N–H and O–H groups in total. The Balaban J connectivity index is 1.74. The number of esters is 1. The maximum Gasteiger partial charge on any atom is 0.335 e. The predicted molar refractivity (Wildman–Crippen MR) is 135 cm³/mol. The van der Waals surface area contributed by atoms with Gasteiger partial charge in [0.05, 0.1) is 33.5 Å². The average Bonchev–Trinajstić information content (AvgIpc) is 2.82. The quantitative estimate of drug-likeness (QED) is 0.172. The van der Waals surface area contributed by atoms with Crippen LogP contribution < -0.4 is 9.92 Å². The van der Waals surface area contributed by atoms with Crippen molar-refractivity contribution < 1.29 is 19.4 Å². The minimum Gasteiger partial charge on any atom is -0.494 e. The molecule has 0 fully saturated rings. The van der Waals surface area contributed by atoms with Crippen molar-refractivity contribution in [3.05, 3.63) is 60.7 Å². The van der Waals surface area contributed by atoms with Crippen molar-refractivity contribution in [3.8, 4) is 16.9 Å². The Morgan fingerprint density at radius 1 is 0.906 bits per heavy atom. The Labute approximate surface area is 194 Å². The SMILES string of the molecule is C=C(CO)C(=O)OCCCCCOc1ccc(-c2ccc([Si](C)(C)CCCC)cc2)cc1. The van der Waals surface area contributed by atoms with E-state index in [1.807, 2.05) is 12.1 Å². The fourth-order valence-corrected chi connectivity index (χ4v) is 6.12. The minimum atomic E-state index is -1.33. The summed E-state index contributed by atoms with van der Waals surface area (Å²) < 4.78 is 10.9. The zero-order valence-corrected chi connectivity index (χ0v) is 20.9. The number of carbonyl (C=O) groups is 1. The van der Waals surface area contributed by atoms with Crippen LogP contribution in [-0.4, -0.2) is 39.0 Å². The molecule has 174 valence electrons. The Kier molecular flexibility index (Phi) is 10.7. The van der Waals surface area contributed by atoms with E-state index < -0.39 is 14.0 Å². The van der Waals surface area contributed by atoms with E-state index in [-0.39, 0.29) is 12.2 Å². The van der Waals surface area contributed by atoms with Crippen LogP contribution in [0.25, 0.3) is 11.1 Å². The van der Waals surface area contributed by atoms with Crippen molar-refractivity contribution in [1.82, 2.24) is 0 Å². The summed E-state index contributed by atoms with van der Waals surface area (Å²) in [5.41, 5.74) is 2.52. The average molecular weight is 455 g/mol. The molecule has 2 rings (SSSR count). The molecular formula is C27H38O4Si. The molecule has 0 aliphatic heterocycles. The van der Waals surface area contributed by atoms with Crippen molar-refractivity contribution >= 4 is 19.2 Å². The molecule has 2 aromatic carbocycles. The number of carbonyl (C=O) groups excluding carboxylic acids is 1. The van der Waals surface area contributed by atoms with Crippen LogP contribution in [0, 0.1) is 0 Å². The molecule has 0 bridgehead atoms. The molecule has 0 atom stereocenters. The van der Waals surface area contributed by atoms with Gasteiger partial charge in [0.25, 0.3) is 0 Å². The van der Waals surface area contributed by atoms with Gasteiger partial charge in [-0.15, -0.1) is 0 Å². The second-order valence-electron chi connectivity index (χ2n) is 8.90.